The van der Waals surface area contributed by atoms with Crippen LogP contribution in [-0.4, -0.2) is 17.9 Å². The highest BCUT2D eigenvalue weighted by Gasteiger charge is 2.24. The van der Waals surface area contributed by atoms with Crippen molar-refractivity contribution >= 4 is 17.2 Å². The first-order valence-electron chi connectivity index (χ1n) is 6.22. The van der Waals surface area contributed by atoms with Gasteiger partial charge in [0.25, 0.3) is 0 Å². The maximum absolute atomic E-state index is 12.4. The monoisotopic (exact) mass is 274 g/mol. The number of likely N-dealkylation sites (N-methyl/N-ethyl adjacent to an activating group) is 1. The highest BCUT2D eigenvalue weighted by Crippen LogP contribution is 2.25. The maximum Gasteiger partial charge on any atom is 0.244 e. The number of nitrogens with zero attached hydrogens (tertiary/aromatic N) is 1. The molecule has 19 heavy (non-hydrogen) atoms. The Morgan fingerprint density at radius 3 is 2.47 bits per heavy atom. The van der Waals surface area contributed by atoms with Gasteiger partial charge in [-0.25, -0.2) is 0 Å². The zero-order valence-corrected chi connectivity index (χ0v) is 11.9. The minimum Gasteiger partial charge on any atom is -0.337 e. The summed E-state index contributed by atoms with van der Waals surface area (Å²) in [6.45, 7) is 2.02. The molecule has 2 N–H and O–H groups in total. The van der Waals surface area contributed by atoms with E-state index in [0.717, 1.165) is 10.4 Å². The van der Waals surface area contributed by atoms with Crippen LogP contribution in [0.25, 0.3) is 0 Å². The third kappa shape index (κ3) is 3.03. The Kier molecular flexibility index (Phi) is 4.35. The first-order valence-corrected chi connectivity index (χ1v) is 7.10. The molecule has 0 bridgehead atoms. The van der Waals surface area contributed by atoms with Crippen LogP contribution in [0, 0.1) is 0 Å². The molecule has 1 aromatic carbocycles. The van der Waals surface area contributed by atoms with Gasteiger partial charge in [0.05, 0.1) is 6.04 Å². The largest absolute Gasteiger partial charge is 0.337 e. The quantitative estimate of drug-likeness (QED) is 0.931. The molecule has 0 aliphatic carbocycles. The third-order valence-electron chi connectivity index (χ3n) is 3.31. The molecule has 4 heteroatoms. The number of amides is 1. The van der Waals surface area contributed by atoms with Crippen LogP contribution in [0.4, 0.5) is 0 Å². The minimum atomic E-state index is -0.603. The van der Waals surface area contributed by atoms with E-state index in [0.29, 0.717) is 0 Å². The standard InChI is InChI=1S/C15H18N2OS/c1-11(13-9-6-10-19-13)17(2)15(18)14(16)12-7-4-3-5-8-12/h3-11,14H,16H2,1-2H3/t11?,14-/m1/s1. The number of rotatable bonds is 4. The predicted molar refractivity (Wildman–Crippen MR) is 78.9 cm³/mol. The summed E-state index contributed by atoms with van der Waals surface area (Å²) in [5.74, 6) is -0.0629. The molecule has 2 atom stereocenters. The molecular formula is C15H18N2OS. The minimum absolute atomic E-state index is 0.0438. The van der Waals surface area contributed by atoms with Gasteiger partial charge in [0.15, 0.2) is 0 Å². The number of nitrogens with two attached hydrogens (primary N) is 1. The van der Waals surface area contributed by atoms with Crippen molar-refractivity contribution in [3.8, 4) is 0 Å². The van der Waals surface area contributed by atoms with Crippen LogP contribution in [0.2, 0.25) is 0 Å². The van der Waals surface area contributed by atoms with E-state index in [1.807, 2.05) is 54.8 Å². The molecule has 100 valence electrons. The Morgan fingerprint density at radius 2 is 1.89 bits per heavy atom. The van der Waals surface area contributed by atoms with Crippen molar-refractivity contribution in [1.82, 2.24) is 4.90 Å². The van der Waals surface area contributed by atoms with Crippen LogP contribution in [0.15, 0.2) is 47.8 Å². The second kappa shape index (κ2) is 5.99. The SMILES string of the molecule is CC(c1cccs1)N(C)C(=O)[C@H](N)c1ccccc1. The summed E-state index contributed by atoms with van der Waals surface area (Å²) in [7, 11) is 1.80. The summed E-state index contributed by atoms with van der Waals surface area (Å²) in [5, 5.41) is 2.02. The normalized spacial score (nSPS) is 13.8. The molecule has 1 amide bonds. The molecule has 0 aliphatic rings. The van der Waals surface area contributed by atoms with E-state index in [9.17, 15) is 4.79 Å². The molecule has 2 aromatic rings. The average Bonchev–Trinajstić information content (AvgIpc) is 2.99. The summed E-state index contributed by atoms with van der Waals surface area (Å²) in [4.78, 5) is 15.3. The number of hydrogen-bond acceptors (Lipinski definition) is 3. The van der Waals surface area contributed by atoms with Gasteiger partial charge < -0.3 is 10.6 Å². The van der Waals surface area contributed by atoms with E-state index in [4.69, 9.17) is 5.73 Å². The molecular weight excluding hydrogens is 256 g/mol. The number of benzene rings is 1. The molecule has 0 spiro atoms. The second-order valence-electron chi connectivity index (χ2n) is 4.53. The van der Waals surface area contributed by atoms with E-state index in [1.54, 1.807) is 23.3 Å². The van der Waals surface area contributed by atoms with Gasteiger partial charge in [-0.05, 0) is 23.9 Å². The summed E-state index contributed by atoms with van der Waals surface area (Å²) < 4.78 is 0. The van der Waals surface area contributed by atoms with Crippen molar-refractivity contribution in [3.05, 3.63) is 58.3 Å². The molecule has 1 aromatic heterocycles. The fourth-order valence-corrected chi connectivity index (χ4v) is 2.76. The van der Waals surface area contributed by atoms with Gasteiger partial charge in [0, 0.05) is 11.9 Å². The van der Waals surface area contributed by atoms with Crippen LogP contribution in [0.1, 0.15) is 29.4 Å². The van der Waals surface area contributed by atoms with Crippen LogP contribution >= 0.6 is 11.3 Å². The molecule has 0 saturated carbocycles. The lowest BCUT2D eigenvalue weighted by atomic mass is 10.1. The smallest absolute Gasteiger partial charge is 0.244 e. The summed E-state index contributed by atoms with van der Waals surface area (Å²) >= 11 is 1.65. The third-order valence-corrected chi connectivity index (χ3v) is 4.35. The number of carbonyl (C=O) groups is 1. The summed E-state index contributed by atoms with van der Waals surface area (Å²) in [6, 6.07) is 12.9. The molecule has 1 unspecified atom stereocenters. The van der Waals surface area contributed by atoms with Crippen molar-refractivity contribution in [2.45, 2.75) is 19.0 Å². The second-order valence-corrected chi connectivity index (χ2v) is 5.51. The molecule has 0 saturated heterocycles. The van der Waals surface area contributed by atoms with Gasteiger partial charge in [0.1, 0.15) is 6.04 Å². The zero-order chi connectivity index (χ0) is 13.8. The van der Waals surface area contributed by atoms with Crippen LogP contribution < -0.4 is 5.73 Å². The van der Waals surface area contributed by atoms with Crippen molar-refractivity contribution in [1.29, 1.82) is 0 Å². The van der Waals surface area contributed by atoms with Crippen molar-refractivity contribution in [2.75, 3.05) is 7.05 Å². The van der Waals surface area contributed by atoms with Gasteiger partial charge in [-0.3, -0.25) is 4.79 Å². The number of hydrogen-bond donors (Lipinski definition) is 1. The topological polar surface area (TPSA) is 46.3 Å². The Bertz CT molecular complexity index is 524. The molecule has 1 heterocycles. The van der Waals surface area contributed by atoms with Gasteiger partial charge in [-0.2, -0.15) is 0 Å². The Labute approximate surface area is 117 Å². The van der Waals surface area contributed by atoms with Crippen molar-refractivity contribution < 1.29 is 4.79 Å². The van der Waals surface area contributed by atoms with Gasteiger partial charge in [0.2, 0.25) is 5.91 Å². The fourth-order valence-electron chi connectivity index (χ4n) is 1.93. The number of carbonyl (C=O) groups excluding carboxylic acids is 1. The summed E-state index contributed by atoms with van der Waals surface area (Å²) in [5.41, 5.74) is 6.89. The molecule has 0 radical (unpaired) electrons. The van der Waals surface area contributed by atoms with E-state index in [-0.39, 0.29) is 11.9 Å². The number of thiophene rings is 1. The highest BCUT2D eigenvalue weighted by atomic mass is 32.1. The lowest BCUT2D eigenvalue weighted by Crippen LogP contribution is -2.37. The highest BCUT2D eigenvalue weighted by molar-refractivity contribution is 7.10. The van der Waals surface area contributed by atoms with Crippen LogP contribution in [0.3, 0.4) is 0 Å². The fraction of sp³-hybridized carbons (Fsp3) is 0.267. The molecule has 2 rings (SSSR count). The van der Waals surface area contributed by atoms with Gasteiger partial charge in [-0.1, -0.05) is 36.4 Å². The van der Waals surface area contributed by atoms with Gasteiger partial charge in [-0.15, -0.1) is 11.3 Å². The zero-order valence-electron chi connectivity index (χ0n) is 11.1. The summed E-state index contributed by atoms with van der Waals surface area (Å²) in [6.07, 6.45) is 0. The van der Waals surface area contributed by atoms with E-state index >= 15 is 0 Å². The molecule has 3 nitrogen and oxygen atoms in total. The Morgan fingerprint density at radius 1 is 1.21 bits per heavy atom. The Hall–Kier alpha value is -1.65. The molecule has 0 aliphatic heterocycles. The lowest BCUT2D eigenvalue weighted by Gasteiger charge is -2.27. The van der Waals surface area contributed by atoms with Crippen molar-refractivity contribution in [2.24, 2.45) is 5.73 Å². The van der Waals surface area contributed by atoms with E-state index < -0.39 is 6.04 Å². The predicted octanol–water partition coefficient (Wildman–Crippen LogP) is 2.97. The van der Waals surface area contributed by atoms with Gasteiger partial charge >= 0.3 is 0 Å². The molecule has 0 fully saturated rings. The van der Waals surface area contributed by atoms with Crippen LogP contribution in [0.5, 0.6) is 0 Å². The van der Waals surface area contributed by atoms with Crippen LogP contribution in [-0.2, 0) is 4.79 Å². The van der Waals surface area contributed by atoms with E-state index in [2.05, 4.69) is 0 Å². The van der Waals surface area contributed by atoms with E-state index in [1.165, 1.54) is 0 Å². The first kappa shape index (κ1) is 13.8. The average molecular weight is 274 g/mol. The Balaban J connectivity index is 2.11. The lowest BCUT2D eigenvalue weighted by molar-refractivity contribution is -0.133. The van der Waals surface area contributed by atoms with Crippen molar-refractivity contribution in [3.63, 3.8) is 0 Å². The maximum atomic E-state index is 12.4. The first-order chi connectivity index (χ1) is 9.11.